The van der Waals surface area contributed by atoms with Crippen LogP contribution in [0.5, 0.6) is 0 Å². The van der Waals surface area contributed by atoms with Gasteiger partial charge < -0.3 is 56.5 Å². The van der Waals surface area contributed by atoms with Crippen molar-refractivity contribution in [3.8, 4) is 0 Å². The first-order chi connectivity index (χ1) is 18.6. The summed E-state index contributed by atoms with van der Waals surface area (Å²) in [5.74, 6) is -3.35. The maximum absolute atomic E-state index is 13.4. The molecule has 3 aliphatic rings. The minimum Gasteiger partial charge on any atom is -0.393 e. The van der Waals surface area contributed by atoms with E-state index in [4.69, 9.17) is 25.7 Å². The Kier molecular flexibility index (Phi) is 11.5. The van der Waals surface area contributed by atoms with Crippen LogP contribution in [0.2, 0.25) is 0 Å². The second-order valence-corrected chi connectivity index (χ2v) is 12.7. The maximum atomic E-state index is 13.4. The van der Waals surface area contributed by atoms with Crippen molar-refractivity contribution in [3.63, 3.8) is 0 Å². The molecule has 2 saturated heterocycles. The smallest absolute Gasteiger partial charge is 0.228 e. The van der Waals surface area contributed by atoms with Crippen LogP contribution >= 0.6 is 0 Å². The van der Waals surface area contributed by atoms with Gasteiger partial charge in [0.15, 0.2) is 12.1 Å². The van der Waals surface area contributed by atoms with Crippen LogP contribution in [0.3, 0.4) is 0 Å². The quantitative estimate of drug-likeness (QED) is 0.144. The van der Waals surface area contributed by atoms with E-state index in [1.807, 2.05) is 33.8 Å². The highest BCUT2D eigenvalue weighted by Gasteiger charge is 2.51. The van der Waals surface area contributed by atoms with Crippen molar-refractivity contribution >= 4 is 5.91 Å². The summed E-state index contributed by atoms with van der Waals surface area (Å²) in [5.41, 5.74) is 11.9. The Morgan fingerprint density at radius 2 is 1.77 bits per heavy atom. The predicted molar refractivity (Wildman–Crippen MR) is 146 cm³/mol. The van der Waals surface area contributed by atoms with Crippen molar-refractivity contribution in [1.82, 2.24) is 5.32 Å². The van der Waals surface area contributed by atoms with Gasteiger partial charge in [0.25, 0.3) is 0 Å². The first-order valence-corrected chi connectivity index (χ1v) is 14.5. The standard InChI is InChI=1S/C28H51N3O9/c1-13(2)6-7-18(39-27-25(35)23(30)24(34)15(5)38-27)10-21-22(26(36)31-17-8-16(29)9-17)20(33)12-28(37,40-21)11-19(32)14(3)4/h6-7,13-25,27,32-35,37H,8-12,29-30H2,1-5H3,(H,31,36)/b7-6+/t15?,16-,17-,18-,19+,20-,21-,22+,23?,24?,25?,27?,28+/m0/s1. The summed E-state index contributed by atoms with van der Waals surface area (Å²) in [5, 5.41) is 56.8. The second-order valence-electron chi connectivity index (χ2n) is 12.7. The van der Waals surface area contributed by atoms with Gasteiger partial charge in [0.05, 0.1) is 48.6 Å². The van der Waals surface area contributed by atoms with Gasteiger partial charge >= 0.3 is 0 Å². The Morgan fingerprint density at radius 3 is 2.35 bits per heavy atom. The summed E-state index contributed by atoms with van der Waals surface area (Å²) in [4.78, 5) is 13.4. The van der Waals surface area contributed by atoms with Gasteiger partial charge in [-0.15, -0.1) is 0 Å². The molecule has 2 aliphatic heterocycles. The maximum Gasteiger partial charge on any atom is 0.228 e. The Hall–Kier alpha value is -1.19. The number of carbonyl (C=O) groups is 1. The molecule has 3 fully saturated rings. The number of allylic oxidation sites excluding steroid dienone is 1. The van der Waals surface area contributed by atoms with Crippen molar-refractivity contribution in [3.05, 3.63) is 12.2 Å². The summed E-state index contributed by atoms with van der Waals surface area (Å²) in [6, 6.07) is -1.08. The number of nitrogens with two attached hydrogens (primary N) is 2. The van der Waals surface area contributed by atoms with Crippen LogP contribution in [0.25, 0.3) is 0 Å². The molecule has 10 N–H and O–H groups in total. The monoisotopic (exact) mass is 573 g/mol. The normalized spacial score (nSPS) is 42.1. The Labute approximate surface area is 237 Å². The van der Waals surface area contributed by atoms with E-state index >= 15 is 0 Å². The number of carbonyl (C=O) groups excluding carboxylic acids is 1. The Morgan fingerprint density at radius 1 is 1.12 bits per heavy atom. The highest BCUT2D eigenvalue weighted by Crippen LogP contribution is 2.38. The lowest BCUT2D eigenvalue weighted by atomic mass is 9.80. The molecule has 1 amide bonds. The molecule has 0 aromatic carbocycles. The van der Waals surface area contributed by atoms with E-state index in [9.17, 15) is 30.3 Å². The van der Waals surface area contributed by atoms with Gasteiger partial charge in [0.1, 0.15) is 6.10 Å². The van der Waals surface area contributed by atoms with E-state index < -0.39 is 72.7 Å². The topological polar surface area (TPSA) is 210 Å². The number of aliphatic hydroxyl groups is 5. The van der Waals surface area contributed by atoms with Crippen molar-refractivity contribution in [2.45, 2.75) is 140 Å². The van der Waals surface area contributed by atoms with E-state index in [2.05, 4.69) is 5.32 Å². The molecular formula is C28H51N3O9. The van der Waals surface area contributed by atoms with Gasteiger partial charge in [0, 0.05) is 31.3 Å². The third-order valence-electron chi connectivity index (χ3n) is 8.22. The summed E-state index contributed by atoms with van der Waals surface area (Å²) in [6.07, 6.45) is -3.68. The number of amides is 1. The zero-order valence-corrected chi connectivity index (χ0v) is 24.3. The molecule has 0 aromatic heterocycles. The molecule has 0 spiro atoms. The fourth-order valence-electron chi connectivity index (χ4n) is 5.52. The number of ether oxygens (including phenoxy) is 3. The average Bonchev–Trinajstić information content (AvgIpc) is 2.82. The molecule has 12 heteroatoms. The van der Waals surface area contributed by atoms with E-state index in [0.29, 0.717) is 12.8 Å². The Bertz CT molecular complexity index is 855. The van der Waals surface area contributed by atoms with E-state index in [1.165, 1.54) is 0 Å². The minimum absolute atomic E-state index is 0.0153. The van der Waals surface area contributed by atoms with Crippen LogP contribution in [0, 0.1) is 17.8 Å². The SMILES string of the molecule is CC(C)/C=C/[C@@H](C[C@@H]1O[C@](O)(C[C@@H](O)C(C)C)C[C@H](O)[C@H]1C(=O)N[C@H]1C[C@H](N)C1)OC1OC(C)C(O)C(N)C1O. The van der Waals surface area contributed by atoms with Crippen molar-refractivity contribution in [2.75, 3.05) is 0 Å². The van der Waals surface area contributed by atoms with Crippen molar-refractivity contribution in [2.24, 2.45) is 29.2 Å². The molecule has 3 rings (SSSR count). The first kappa shape index (κ1) is 33.3. The van der Waals surface area contributed by atoms with Crippen molar-refractivity contribution < 1.29 is 44.5 Å². The lowest BCUT2D eigenvalue weighted by molar-refractivity contribution is -0.307. The van der Waals surface area contributed by atoms with Gasteiger partial charge in [-0.25, -0.2) is 0 Å². The van der Waals surface area contributed by atoms with Crippen molar-refractivity contribution in [1.29, 1.82) is 0 Å². The number of hydrogen-bond donors (Lipinski definition) is 8. The fourth-order valence-corrected chi connectivity index (χ4v) is 5.52. The minimum atomic E-state index is -1.88. The molecule has 5 unspecified atom stereocenters. The van der Waals surface area contributed by atoms with Crippen LogP contribution < -0.4 is 16.8 Å². The van der Waals surface area contributed by atoms with Gasteiger partial charge in [-0.3, -0.25) is 4.79 Å². The summed E-state index contributed by atoms with van der Waals surface area (Å²) >= 11 is 0. The summed E-state index contributed by atoms with van der Waals surface area (Å²) < 4.78 is 18.0. The Balaban J connectivity index is 1.86. The third-order valence-corrected chi connectivity index (χ3v) is 8.22. The molecule has 232 valence electrons. The largest absolute Gasteiger partial charge is 0.393 e. The highest BCUT2D eigenvalue weighted by molar-refractivity contribution is 5.80. The lowest BCUT2D eigenvalue weighted by Crippen LogP contribution is -2.62. The zero-order chi connectivity index (χ0) is 29.9. The van der Waals surface area contributed by atoms with Crippen LogP contribution in [0.1, 0.15) is 66.7 Å². The number of rotatable bonds is 11. The van der Waals surface area contributed by atoms with Crippen LogP contribution in [0.4, 0.5) is 0 Å². The summed E-state index contributed by atoms with van der Waals surface area (Å²) in [7, 11) is 0. The average molecular weight is 574 g/mol. The number of nitrogens with one attached hydrogen (secondary N) is 1. The van der Waals surface area contributed by atoms with E-state index in [-0.39, 0.29) is 43.2 Å². The second kappa shape index (κ2) is 13.9. The summed E-state index contributed by atoms with van der Waals surface area (Å²) in [6.45, 7) is 9.19. The van der Waals surface area contributed by atoms with Crippen LogP contribution in [-0.2, 0) is 19.0 Å². The molecule has 0 radical (unpaired) electrons. The molecule has 2 heterocycles. The van der Waals surface area contributed by atoms with E-state index in [1.54, 1.807) is 13.0 Å². The van der Waals surface area contributed by atoms with E-state index in [0.717, 1.165) is 0 Å². The highest BCUT2D eigenvalue weighted by atomic mass is 16.7. The fraction of sp³-hybridized carbons (Fsp3) is 0.893. The molecule has 1 aliphatic carbocycles. The van der Waals surface area contributed by atoms with Crippen LogP contribution in [0.15, 0.2) is 12.2 Å². The lowest BCUT2D eigenvalue weighted by Gasteiger charge is -2.46. The molecule has 1 saturated carbocycles. The number of aliphatic hydroxyl groups excluding tert-OH is 4. The third kappa shape index (κ3) is 8.43. The predicted octanol–water partition coefficient (Wildman–Crippen LogP) is -0.765. The molecular weight excluding hydrogens is 522 g/mol. The molecule has 12 nitrogen and oxygen atoms in total. The molecule has 11 atom stereocenters. The molecule has 40 heavy (non-hydrogen) atoms. The van der Waals surface area contributed by atoms with Crippen LogP contribution in [-0.4, -0.2) is 104 Å². The van der Waals surface area contributed by atoms with Gasteiger partial charge in [0.2, 0.25) is 5.91 Å². The van der Waals surface area contributed by atoms with Gasteiger partial charge in [-0.1, -0.05) is 39.8 Å². The first-order valence-electron chi connectivity index (χ1n) is 14.5. The molecule has 0 aromatic rings. The van der Waals surface area contributed by atoms with Gasteiger partial charge in [-0.05, 0) is 31.6 Å². The number of hydrogen-bond acceptors (Lipinski definition) is 11. The zero-order valence-electron chi connectivity index (χ0n) is 24.3. The molecule has 0 bridgehead atoms. The van der Waals surface area contributed by atoms with Gasteiger partial charge in [-0.2, -0.15) is 0 Å².